The summed E-state index contributed by atoms with van der Waals surface area (Å²) in [5, 5.41) is 10.0. The van der Waals surface area contributed by atoms with Gasteiger partial charge in [-0.2, -0.15) is 0 Å². The topological polar surface area (TPSA) is 82.0 Å². The smallest absolute Gasteiger partial charge is 0.358 e. The zero-order valence-corrected chi connectivity index (χ0v) is 8.04. The lowest BCUT2D eigenvalue weighted by Crippen LogP contribution is -2.05. The Bertz CT molecular complexity index is 400. The Morgan fingerprint density at radius 1 is 1.67 bits per heavy atom. The summed E-state index contributed by atoms with van der Waals surface area (Å²) in [5.41, 5.74) is 4.47. The Hall–Kier alpha value is -1.34. The normalized spacial score (nSPS) is 10.7. The lowest BCUT2D eigenvalue weighted by atomic mass is 10.2. The number of rotatable bonds is 3. The Morgan fingerprint density at radius 3 is 2.67 bits per heavy atom. The van der Waals surface area contributed by atoms with Gasteiger partial charge in [0.15, 0.2) is 0 Å². The molecule has 82 valence electrons. The number of pyridine rings is 1. The zero-order chi connectivity index (χ0) is 11.6. The van der Waals surface area contributed by atoms with Gasteiger partial charge in [-0.3, -0.25) is 0 Å². The summed E-state index contributed by atoms with van der Waals surface area (Å²) in [6.07, 6.45) is -2.97. The van der Waals surface area contributed by atoms with Crippen molar-refractivity contribution in [3.8, 4) is 0 Å². The van der Waals surface area contributed by atoms with Crippen molar-refractivity contribution in [1.29, 1.82) is 0 Å². The summed E-state index contributed by atoms with van der Waals surface area (Å²) in [6.45, 7) is -0.165. The Balaban J connectivity index is 3.38. The molecule has 1 rings (SSSR count). The molecule has 0 saturated carbocycles. The number of hydrogen-bond acceptors (Lipinski definition) is 4. The first-order chi connectivity index (χ1) is 6.97. The van der Waals surface area contributed by atoms with Crippen molar-refractivity contribution in [2.45, 2.75) is 13.0 Å². The van der Waals surface area contributed by atoms with E-state index >= 15 is 0 Å². The molecule has 1 heterocycles. The van der Waals surface area contributed by atoms with Crippen LogP contribution in [0, 0.1) is 10.1 Å². The van der Waals surface area contributed by atoms with Gasteiger partial charge in [0, 0.05) is 12.6 Å². The summed E-state index contributed by atoms with van der Waals surface area (Å²) in [6, 6.07) is 0.980. The van der Waals surface area contributed by atoms with Gasteiger partial charge in [-0.15, -0.1) is 0 Å². The minimum atomic E-state index is -2.97. The number of aromatic nitrogens is 1. The molecule has 0 spiro atoms. The molecule has 5 nitrogen and oxygen atoms in total. The van der Waals surface area contributed by atoms with Crippen LogP contribution >= 0.6 is 11.6 Å². The maximum absolute atomic E-state index is 12.4. The van der Waals surface area contributed by atoms with Crippen LogP contribution in [0.25, 0.3) is 0 Å². The number of nitrogens with two attached hydrogens (primary N) is 1. The lowest BCUT2D eigenvalue weighted by molar-refractivity contribution is -0.389. The van der Waals surface area contributed by atoms with Gasteiger partial charge in [-0.25, -0.2) is 8.78 Å². The summed E-state index contributed by atoms with van der Waals surface area (Å²) in [5.74, 6) is -0.685. The molecule has 2 N–H and O–H groups in total. The molecule has 0 aromatic carbocycles. The molecule has 0 bridgehead atoms. The van der Waals surface area contributed by atoms with E-state index in [0.29, 0.717) is 0 Å². The van der Waals surface area contributed by atoms with E-state index in [1.165, 1.54) is 0 Å². The molecule has 0 fully saturated rings. The molecular formula is C7H6ClF2N3O2. The molecule has 0 aliphatic rings. The summed E-state index contributed by atoms with van der Waals surface area (Å²) in [7, 11) is 0. The third-order valence-electron chi connectivity index (χ3n) is 1.66. The van der Waals surface area contributed by atoms with E-state index in [0.717, 1.165) is 6.07 Å². The fourth-order valence-electron chi connectivity index (χ4n) is 0.975. The van der Waals surface area contributed by atoms with E-state index in [9.17, 15) is 18.9 Å². The molecule has 1 aromatic heterocycles. The van der Waals surface area contributed by atoms with Crippen LogP contribution in [-0.2, 0) is 6.54 Å². The SMILES string of the molecule is NCc1cc([N+](=O)[O-])nc(C(F)F)c1Cl. The van der Waals surface area contributed by atoms with E-state index in [4.69, 9.17) is 17.3 Å². The van der Waals surface area contributed by atoms with Crippen LogP contribution in [-0.4, -0.2) is 9.91 Å². The molecule has 0 amide bonds. The maximum Gasteiger partial charge on any atom is 0.364 e. The van der Waals surface area contributed by atoms with Crippen molar-refractivity contribution >= 4 is 17.4 Å². The standard InChI is InChI=1S/C7H6ClF2N3O2/c8-5-3(2-11)1-4(13(14)15)12-6(5)7(9)10/h1,7H,2,11H2. The van der Waals surface area contributed by atoms with Crippen LogP contribution in [0.1, 0.15) is 17.7 Å². The van der Waals surface area contributed by atoms with Gasteiger partial charge in [0.05, 0.1) is 5.02 Å². The van der Waals surface area contributed by atoms with Crippen LogP contribution in [0.5, 0.6) is 0 Å². The molecule has 0 aliphatic carbocycles. The van der Waals surface area contributed by atoms with Crippen molar-refractivity contribution < 1.29 is 13.7 Å². The number of alkyl halides is 2. The van der Waals surface area contributed by atoms with Crippen molar-refractivity contribution in [2.24, 2.45) is 5.73 Å². The Kier molecular flexibility index (Phi) is 3.48. The van der Waals surface area contributed by atoms with Crippen molar-refractivity contribution in [3.63, 3.8) is 0 Å². The quantitative estimate of drug-likeness (QED) is 0.644. The van der Waals surface area contributed by atoms with Gasteiger partial charge in [0.25, 0.3) is 0 Å². The second-order valence-corrected chi connectivity index (χ2v) is 2.98. The minimum Gasteiger partial charge on any atom is -0.358 e. The van der Waals surface area contributed by atoms with Gasteiger partial charge in [0.2, 0.25) is 5.69 Å². The van der Waals surface area contributed by atoms with Crippen LogP contribution in [0.3, 0.4) is 0 Å². The van der Waals surface area contributed by atoms with Crippen LogP contribution in [0.15, 0.2) is 6.07 Å². The third kappa shape index (κ3) is 2.37. The van der Waals surface area contributed by atoms with E-state index in [-0.39, 0.29) is 17.1 Å². The second-order valence-electron chi connectivity index (χ2n) is 2.60. The second kappa shape index (κ2) is 4.45. The van der Waals surface area contributed by atoms with Crippen molar-refractivity contribution in [3.05, 3.63) is 32.5 Å². The average Bonchev–Trinajstić information content (AvgIpc) is 2.17. The van der Waals surface area contributed by atoms with E-state index in [2.05, 4.69) is 4.98 Å². The van der Waals surface area contributed by atoms with E-state index in [1.54, 1.807) is 0 Å². The molecule has 1 aromatic rings. The molecule has 15 heavy (non-hydrogen) atoms. The average molecular weight is 238 g/mol. The van der Waals surface area contributed by atoms with Crippen LogP contribution in [0.2, 0.25) is 5.02 Å². The predicted octanol–water partition coefficient (Wildman–Crippen LogP) is 2.04. The fraction of sp³-hybridized carbons (Fsp3) is 0.286. The van der Waals surface area contributed by atoms with Gasteiger partial charge in [-0.1, -0.05) is 11.6 Å². The number of nitro groups is 1. The summed E-state index contributed by atoms with van der Waals surface area (Å²) < 4.78 is 24.8. The number of hydrogen-bond donors (Lipinski definition) is 1. The largest absolute Gasteiger partial charge is 0.364 e. The first-order valence-electron chi connectivity index (χ1n) is 3.79. The summed E-state index contributed by atoms with van der Waals surface area (Å²) in [4.78, 5) is 12.6. The molecule has 0 radical (unpaired) electrons. The van der Waals surface area contributed by atoms with Gasteiger partial charge >= 0.3 is 12.2 Å². The van der Waals surface area contributed by atoms with Gasteiger partial charge < -0.3 is 15.8 Å². The molecule has 8 heteroatoms. The highest BCUT2D eigenvalue weighted by molar-refractivity contribution is 6.32. The van der Waals surface area contributed by atoms with Gasteiger partial charge in [-0.05, 0) is 15.5 Å². The molecule has 0 atom stereocenters. The maximum atomic E-state index is 12.4. The highest BCUT2D eigenvalue weighted by Gasteiger charge is 2.25. The highest BCUT2D eigenvalue weighted by atomic mass is 35.5. The van der Waals surface area contributed by atoms with Crippen molar-refractivity contribution in [2.75, 3.05) is 0 Å². The molecule has 0 aliphatic heterocycles. The van der Waals surface area contributed by atoms with Crippen LogP contribution < -0.4 is 5.73 Å². The summed E-state index contributed by atoms with van der Waals surface area (Å²) >= 11 is 5.54. The zero-order valence-electron chi connectivity index (χ0n) is 7.28. The Morgan fingerprint density at radius 2 is 2.27 bits per heavy atom. The minimum absolute atomic E-state index is 0.0775. The third-order valence-corrected chi connectivity index (χ3v) is 2.10. The number of halogens is 3. The van der Waals surface area contributed by atoms with Gasteiger partial charge in [0.1, 0.15) is 0 Å². The molecule has 0 saturated heterocycles. The first kappa shape index (κ1) is 11.7. The lowest BCUT2D eigenvalue weighted by Gasteiger charge is -2.03. The van der Waals surface area contributed by atoms with Crippen LogP contribution in [0.4, 0.5) is 14.6 Å². The predicted molar refractivity (Wildman–Crippen MR) is 48.7 cm³/mol. The fourth-order valence-corrected chi connectivity index (χ4v) is 1.23. The van der Waals surface area contributed by atoms with Crippen molar-refractivity contribution in [1.82, 2.24) is 4.98 Å². The Labute approximate surface area is 88.0 Å². The van der Waals surface area contributed by atoms with E-state index in [1.807, 2.05) is 0 Å². The monoisotopic (exact) mass is 237 g/mol. The highest BCUT2D eigenvalue weighted by Crippen LogP contribution is 2.30. The first-order valence-corrected chi connectivity index (χ1v) is 4.17. The number of nitrogens with zero attached hydrogens (tertiary/aromatic N) is 2. The van der Waals surface area contributed by atoms with E-state index < -0.39 is 22.9 Å². The molecular weight excluding hydrogens is 232 g/mol. The molecule has 0 unspecified atom stereocenters.